The molecule has 3 fully saturated rings. The van der Waals surface area contributed by atoms with Crippen molar-refractivity contribution in [3.63, 3.8) is 0 Å². The van der Waals surface area contributed by atoms with Crippen molar-refractivity contribution in [2.75, 3.05) is 19.8 Å². The zero-order valence-electron chi connectivity index (χ0n) is 12.0. The van der Waals surface area contributed by atoms with Crippen molar-refractivity contribution >= 4 is 0 Å². The van der Waals surface area contributed by atoms with E-state index in [1.165, 1.54) is 6.42 Å². The average Bonchev–Trinajstić information content (AvgIpc) is 3.02. The van der Waals surface area contributed by atoms with Gasteiger partial charge in [-0.25, -0.2) is 0 Å². The molecule has 2 atom stereocenters. The topological polar surface area (TPSA) is 64.7 Å². The van der Waals surface area contributed by atoms with Crippen LogP contribution in [0, 0.1) is 11.3 Å². The van der Waals surface area contributed by atoms with Crippen LogP contribution in [0.25, 0.3) is 0 Å². The molecule has 2 aliphatic carbocycles. The van der Waals surface area contributed by atoms with Gasteiger partial charge in [-0.3, -0.25) is 0 Å². The quantitative estimate of drug-likeness (QED) is 0.802. The Morgan fingerprint density at radius 1 is 1.11 bits per heavy atom. The van der Waals surface area contributed by atoms with E-state index < -0.39 is 11.4 Å². The minimum Gasteiger partial charge on any atom is -0.389 e. The van der Waals surface area contributed by atoms with E-state index >= 15 is 0 Å². The van der Waals surface area contributed by atoms with Crippen molar-refractivity contribution in [3.05, 3.63) is 0 Å². The molecule has 1 aliphatic heterocycles. The number of rotatable bonds is 2. The van der Waals surface area contributed by atoms with Crippen molar-refractivity contribution in [2.45, 2.75) is 63.3 Å². The molecule has 4 nitrogen and oxygen atoms in total. The highest BCUT2D eigenvalue weighted by Crippen LogP contribution is 2.55. The maximum Gasteiger partial charge on any atom is 0.168 e. The van der Waals surface area contributed by atoms with Crippen molar-refractivity contribution in [1.29, 1.82) is 0 Å². The summed E-state index contributed by atoms with van der Waals surface area (Å²) in [5.41, 5.74) is 5.37. The Morgan fingerprint density at radius 2 is 1.74 bits per heavy atom. The SMILES string of the molecule is CC1CCC(CN)(C2(O)CCC3(CC2)OCCO3)C1. The van der Waals surface area contributed by atoms with Crippen LogP contribution in [-0.4, -0.2) is 36.3 Å². The molecule has 4 heteroatoms. The summed E-state index contributed by atoms with van der Waals surface area (Å²) < 4.78 is 11.5. The second-order valence-corrected chi connectivity index (χ2v) is 6.97. The van der Waals surface area contributed by atoms with Crippen molar-refractivity contribution in [2.24, 2.45) is 17.1 Å². The van der Waals surface area contributed by atoms with Crippen LogP contribution in [-0.2, 0) is 9.47 Å². The van der Waals surface area contributed by atoms with Gasteiger partial charge in [-0.15, -0.1) is 0 Å². The molecule has 19 heavy (non-hydrogen) atoms. The monoisotopic (exact) mass is 269 g/mol. The molecular weight excluding hydrogens is 242 g/mol. The average molecular weight is 269 g/mol. The lowest BCUT2D eigenvalue weighted by Crippen LogP contribution is -2.56. The summed E-state index contributed by atoms with van der Waals surface area (Å²) in [6, 6.07) is 0. The van der Waals surface area contributed by atoms with E-state index in [9.17, 15) is 5.11 Å². The molecule has 2 saturated carbocycles. The third kappa shape index (κ3) is 2.13. The van der Waals surface area contributed by atoms with Crippen molar-refractivity contribution in [1.82, 2.24) is 0 Å². The third-order valence-corrected chi connectivity index (χ3v) is 5.89. The molecule has 110 valence electrons. The van der Waals surface area contributed by atoms with E-state index in [1.54, 1.807) is 0 Å². The summed E-state index contributed by atoms with van der Waals surface area (Å²) in [5.74, 6) is 0.286. The summed E-state index contributed by atoms with van der Waals surface area (Å²) in [6.45, 7) is 4.26. The lowest BCUT2D eigenvalue weighted by Gasteiger charge is -2.50. The molecular formula is C15H27NO3. The van der Waals surface area contributed by atoms with Crippen molar-refractivity contribution < 1.29 is 14.6 Å². The first kappa shape index (κ1) is 13.8. The molecule has 0 aromatic carbocycles. The number of hydrogen-bond donors (Lipinski definition) is 2. The van der Waals surface area contributed by atoms with Gasteiger partial charge in [0.1, 0.15) is 0 Å². The number of nitrogens with two attached hydrogens (primary N) is 1. The van der Waals surface area contributed by atoms with Crippen LogP contribution in [0.2, 0.25) is 0 Å². The van der Waals surface area contributed by atoms with Crippen molar-refractivity contribution in [3.8, 4) is 0 Å². The smallest absolute Gasteiger partial charge is 0.168 e. The second kappa shape index (κ2) is 4.69. The lowest BCUT2D eigenvalue weighted by atomic mass is 9.62. The van der Waals surface area contributed by atoms with Crippen LogP contribution < -0.4 is 5.73 Å². The van der Waals surface area contributed by atoms with E-state index in [4.69, 9.17) is 15.2 Å². The maximum absolute atomic E-state index is 11.2. The zero-order chi connectivity index (χ0) is 13.6. The first-order chi connectivity index (χ1) is 9.03. The van der Waals surface area contributed by atoms with Gasteiger partial charge in [0.2, 0.25) is 0 Å². The molecule has 1 heterocycles. The highest BCUT2D eigenvalue weighted by Gasteiger charge is 2.56. The van der Waals surface area contributed by atoms with Gasteiger partial charge in [-0.2, -0.15) is 0 Å². The van der Waals surface area contributed by atoms with Gasteiger partial charge in [0.15, 0.2) is 5.79 Å². The van der Waals surface area contributed by atoms with E-state index in [0.29, 0.717) is 25.7 Å². The zero-order valence-corrected chi connectivity index (χ0v) is 12.0. The van der Waals surface area contributed by atoms with Gasteiger partial charge in [-0.1, -0.05) is 13.3 Å². The van der Waals surface area contributed by atoms with Crippen LogP contribution in [0.3, 0.4) is 0 Å². The van der Waals surface area contributed by atoms with Crippen LogP contribution in [0.1, 0.15) is 51.9 Å². The molecule has 1 saturated heterocycles. The molecule has 3 aliphatic rings. The van der Waals surface area contributed by atoms with E-state index in [0.717, 1.165) is 38.5 Å². The summed E-state index contributed by atoms with van der Waals surface area (Å²) in [4.78, 5) is 0. The Morgan fingerprint density at radius 3 is 2.21 bits per heavy atom. The fourth-order valence-electron chi connectivity index (χ4n) is 4.55. The second-order valence-electron chi connectivity index (χ2n) is 6.97. The van der Waals surface area contributed by atoms with E-state index in [2.05, 4.69) is 6.92 Å². The van der Waals surface area contributed by atoms with E-state index in [-0.39, 0.29) is 5.41 Å². The first-order valence-corrected chi connectivity index (χ1v) is 7.74. The molecule has 1 spiro atoms. The van der Waals surface area contributed by atoms with Gasteiger partial charge in [-0.05, 0) is 31.6 Å². The van der Waals surface area contributed by atoms with Gasteiger partial charge in [0.25, 0.3) is 0 Å². The van der Waals surface area contributed by atoms with Gasteiger partial charge in [0, 0.05) is 24.8 Å². The Hall–Kier alpha value is -0.160. The summed E-state index contributed by atoms with van der Waals surface area (Å²) in [7, 11) is 0. The maximum atomic E-state index is 11.2. The Labute approximate surface area is 115 Å². The molecule has 0 radical (unpaired) electrons. The highest BCUT2D eigenvalue weighted by atomic mass is 16.7. The fraction of sp³-hybridized carbons (Fsp3) is 1.00. The minimum atomic E-state index is -0.618. The number of hydrogen-bond acceptors (Lipinski definition) is 4. The normalized spacial score (nSPS) is 40.9. The predicted octanol–water partition coefficient (Wildman–Crippen LogP) is 1.80. The van der Waals surface area contributed by atoms with E-state index in [1.807, 2.05) is 0 Å². The van der Waals surface area contributed by atoms with Gasteiger partial charge < -0.3 is 20.3 Å². The first-order valence-electron chi connectivity index (χ1n) is 7.74. The Kier molecular flexibility index (Phi) is 3.41. The summed E-state index contributed by atoms with van der Waals surface area (Å²) in [5, 5.41) is 11.2. The molecule has 0 aromatic heterocycles. The molecule has 0 bridgehead atoms. The standard InChI is InChI=1S/C15H27NO3/c1-12-2-3-13(10-12,11-16)14(17)4-6-15(7-5-14)18-8-9-19-15/h12,17H,2-11,16H2,1H3. The minimum absolute atomic E-state index is 0.0768. The lowest BCUT2D eigenvalue weighted by molar-refractivity contribution is -0.221. The van der Waals surface area contributed by atoms with Crippen LogP contribution in [0.4, 0.5) is 0 Å². The largest absolute Gasteiger partial charge is 0.389 e. The molecule has 0 aromatic rings. The molecule has 0 amide bonds. The molecule has 3 N–H and O–H groups in total. The number of aliphatic hydroxyl groups is 1. The number of ether oxygens (including phenoxy) is 2. The highest BCUT2D eigenvalue weighted by molar-refractivity contribution is 5.06. The van der Waals surface area contributed by atoms with Crippen LogP contribution in [0.15, 0.2) is 0 Å². The Bertz CT molecular complexity index is 330. The van der Waals surface area contributed by atoms with Gasteiger partial charge in [0.05, 0.1) is 18.8 Å². The van der Waals surface area contributed by atoms with Crippen LogP contribution >= 0.6 is 0 Å². The molecule has 3 rings (SSSR count). The fourth-order valence-corrected chi connectivity index (χ4v) is 4.55. The van der Waals surface area contributed by atoms with Gasteiger partial charge >= 0.3 is 0 Å². The van der Waals surface area contributed by atoms with Crippen LogP contribution in [0.5, 0.6) is 0 Å². The summed E-state index contributed by atoms with van der Waals surface area (Å²) >= 11 is 0. The Balaban J connectivity index is 1.74. The molecule has 2 unspecified atom stereocenters. The third-order valence-electron chi connectivity index (χ3n) is 5.89. The predicted molar refractivity (Wildman–Crippen MR) is 72.6 cm³/mol. The summed E-state index contributed by atoms with van der Waals surface area (Å²) in [6.07, 6.45) is 6.45.